The van der Waals surface area contributed by atoms with Crippen LogP contribution >= 0.6 is 0 Å². The van der Waals surface area contributed by atoms with E-state index in [1.54, 1.807) is 11.7 Å². The van der Waals surface area contributed by atoms with Gasteiger partial charge in [-0.1, -0.05) is 0 Å². The molecule has 0 saturated heterocycles. The summed E-state index contributed by atoms with van der Waals surface area (Å²) in [5.74, 6) is 0. The largest absolute Gasteiger partial charge is 0.522 e. The predicted molar refractivity (Wildman–Crippen MR) is 51.7 cm³/mol. The van der Waals surface area contributed by atoms with Gasteiger partial charge in [-0.2, -0.15) is 5.10 Å². The van der Waals surface area contributed by atoms with Crippen molar-refractivity contribution in [3.63, 3.8) is 0 Å². The second-order valence-electron chi connectivity index (χ2n) is 3.38. The van der Waals surface area contributed by atoms with Crippen LogP contribution in [-0.2, 0) is 18.3 Å². The number of rotatable bonds is 5. The smallest absolute Gasteiger partial charge is 0.310 e. The van der Waals surface area contributed by atoms with Crippen molar-refractivity contribution in [2.45, 2.75) is 19.8 Å². The van der Waals surface area contributed by atoms with Crippen LogP contribution in [0.15, 0.2) is 6.20 Å². The van der Waals surface area contributed by atoms with Gasteiger partial charge in [-0.3, -0.25) is 9.42 Å². The highest BCUT2D eigenvalue weighted by atomic mass is 19.4. The highest BCUT2D eigenvalue weighted by Crippen LogP contribution is 2.15. The van der Waals surface area contributed by atoms with E-state index < -0.39 is 6.36 Å². The van der Waals surface area contributed by atoms with Gasteiger partial charge in [0.15, 0.2) is 0 Å². The molecule has 0 radical (unpaired) electrons. The van der Waals surface area contributed by atoms with Gasteiger partial charge < -0.3 is 5.32 Å². The number of halogens is 3. The average Bonchev–Trinajstić information content (AvgIpc) is 2.42. The molecule has 1 aromatic heterocycles. The minimum atomic E-state index is -4.55. The molecule has 1 aromatic rings. The lowest BCUT2D eigenvalue weighted by Crippen LogP contribution is -2.24. The van der Waals surface area contributed by atoms with E-state index in [0.717, 1.165) is 11.3 Å². The van der Waals surface area contributed by atoms with E-state index in [1.165, 1.54) is 0 Å². The molecule has 16 heavy (non-hydrogen) atoms. The van der Waals surface area contributed by atoms with Gasteiger partial charge in [0.2, 0.25) is 0 Å². The summed E-state index contributed by atoms with van der Waals surface area (Å²) in [6, 6.07) is 0. The van der Waals surface area contributed by atoms with E-state index in [4.69, 9.17) is 0 Å². The number of aryl methyl sites for hydroxylation is 2. The molecular weight excluding hydrogens is 223 g/mol. The zero-order valence-electron chi connectivity index (χ0n) is 9.14. The van der Waals surface area contributed by atoms with Gasteiger partial charge in [0.1, 0.15) is 0 Å². The fourth-order valence-electron chi connectivity index (χ4n) is 1.28. The van der Waals surface area contributed by atoms with E-state index in [1.807, 2.05) is 13.1 Å². The van der Waals surface area contributed by atoms with E-state index >= 15 is 0 Å². The normalized spacial score (nSPS) is 12.1. The second kappa shape index (κ2) is 5.31. The molecule has 7 heteroatoms. The molecule has 92 valence electrons. The minimum Gasteiger partial charge on any atom is -0.310 e. The maximum absolute atomic E-state index is 11.6. The maximum Gasteiger partial charge on any atom is 0.522 e. The highest BCUT2D eigenvalue weighted by Gasteiger charge is 2.28. The summed E-state index contributed by atoms with van der Waals surface area (Å²) in [5.41, 5.74) is 1.83. The third-order valence-electron chi connectivity index (χ3n) is 1.98. The SMILES string of the molecule is Cc1nn(C)cc1CNCCOC(F)(F)F. The number of nitrogens with one attached hydrogen (secondary N) is 1. The molecule has 0 aliphatic rings. The van der Waals surface area contributed by atoms with E-state index in [0.29, 0.717) is 6.54 Å². The summed E-state index contributed by atoms with van der Waals surface area (Å²) in [4.78, 5) is 0. The van der Waals surface area contributed by atoms with Crippen LogP contribution in [0.25, 0.3) is 0 Å². The number of aromatic nitrogens is 2. The third kappa shape index (κ3) is 4.63. The first-order valence-corrected chi connectivity index (χ1v) is 4.79. The lowest BCUT2D eigenvalue weighted by atomic mass is 10.2. The first-order chi connectivity index (χ1) is 7.38. The molecule has 0 aliphatic heterocycles. The number of hydrogen-bond donors (Lipinski definition) is 1. The van der Waals surface area contributed by atoms with Gasteiger partial charge in [-0.15, -0.1) is 13.2 Å². The van der Waals surface area contributed by atoms with Crippen molar-refractivity contribution in [3.05, 3.63) is 17.5 Å². The molecule has 4 nitrogen and oxygen atoms in total. The van der Waals surface area contributed by atoms with Crippen LogP contribution in [0.1, 0.15) is 11.3 Å². The second-order valence-corrected chi connectivity index (χ2v) is 3.38. The van der Waals surface area contributed by atoms with Crippen molar-refractivity contribution < 1.29 is 17.9 Å². The summed E-state index contributed by atoms with van der Waals surface area (Å²) in [7, 11) is 1.79. The molecule has 0 aromatic carbocycles. The summed E-state index contributed by atoms with van der Waals surface area (Å²) in [6.07, 6.45) is -2.72. The highest BCUT2D eigenvalue weighted by molar-refractivity contribution is 5.14. The van der Waals surface area contributed by atoms with Gasteiger partial charge in [-0.25, -0.2) is 0 Å². The Morgan fingerprint density at radius 1 is 1.50 bits per heavy atom. The number of ether oxygens (including phenoxy) is 1. The predicted octanol–water partition coefficient (Wildman–Crippen LogP) is 1.35. The molecule has 0 spiro atoms. The Hall–Kier alpha value is -1.08. The third-order valence-corrected chi connectivity index (χ3v) is 1.98. The Labute approximate surface area is 91.4 Å². The monoisotopic (exact) mass is 237 g/mol. The average molecular weight is 237 g/mol. The summed E-state index contributed by atoms with van der Waals surface area (Å²) < 4.78 is 40.1. The number of alkyl halides is 3. The molecule has 0 atom stereocenters. The van der Waals surface area contributed by atoms with Crippen LogP contribution in [0.2, 0.25) is 0 Å². The van der Waals surface area contributed by atoms with E-state index in [-0.39, 0.29) is 13.2 Å². The van der Waals surface area contributed by atoms with Gasteiger partial charge in [0.25, 0.3) is 0 Å². The van der Waals surface area contributed by atoms with Crippen molar-refractivity contribution >= 4 is 0 Å². The molecule has 0 saturated carbocycles. The van der Waals surface area contributed by atoms with Crippen LogP contribution in [0.4, 0.5) is 13.2 Å². The van der Waals surface area contributed by atoms with Gasteiger partial charge in [0, 0.05) is 31.9 Å². The van der Waals surface area contributed by atoms with Crippen LogP contribution < -0.4 is 5.32 Å². The number of nitrogens with zero attached hydrogens (tertiary/aromatic N) is 2. The van der Waals surface area contributed by atoms with Crippen molar-refractivity contribution in [1.82, 2.24) is 15.1 Å². The van der Waals surface area contributed by atoms with Crippen molar-refractivity contribution in [2.75, 3.05) is 13.2 Å². The minimum absolute atomic E-state index is 0.147. The Balaban J connectivity index is 2.19. The Morgan fingerprint density at radius 3 is 2.69 bits per heavy atom. The van der Waals surface area contributed by atoms with Crippen LogP contribution in [0, 0.1) is 6.92 Å². The van der Waals surface area contributed by atoms with E-state index in [2.05, 4.69) is 15.2 Å². The Kier molecular flexibility index (Phi) is 4.31. The lowest BCUT2D eigenvalue weighted by Gasteiger charge is -2.07. The molecule has 0 amide bonds. The summed E-state index contributed by atoms with van der Waals surface area (Å²) in [5, 5.41) is 6.96. The molecule has 0 unspecified atom stereocenters. The zero-order valence-corrected chi connectivity index (χ0v) is 9.14. The Bertz CT molecular complexity index is 335. The van der Waals surface area contributed by atoms with Crippen LogP contribution in [0.5, 0.6) is 0 Å². The van der Waals surface area contributed by atoms with Crippen molar-refractivity contribution in [2.24, 2.45) is 7.05 Å². The van der Waals surface area contributed by atoms with Gasteiger partial charge >= 0.3 is 6.36 Å². The fourth-order valence-corrected chi connectivity index (χ4v) is 1.28. The molecule has 0 aliphatic carbocycles. The Morgan fingerprint density at radius 2 is 2.19 bits per heavy atom. The van der Waals surface area contributed by atoms with Crippen LogP contribution in [-0.4, -0.2) is 29.3 Å². The molecule has 0 fully saturated rings. The standard InChI is InChI=1S/C9H14F3N3O/c1-7-8(6-15(2)14-7)5-13-3-4-16-9(10,11)12/h6,13H,3-5H2,1-2H3. The summed E-state index contributed by atoms with van der Waals surface area (Å²) >= 11 is 0. The topological polar surface area (TPSA) is 39.1 Å². The van der Waals surface area contributed by atoms with Crippen LogP contribution in [0.3, 0.4) is 0 Å². The lowest BCUT2D eigenvalue weighted by molar-refractivity contribution is -0.323. The number of hydrogen-bond acceptors (Lipinski definition) is 3. The summed E-state index contributed by atoms with van der Waals surface area (Å²) in [6.45, 7) is 2.10. The van der Waals surface area contributed by atoms with Gasteiger partial charge in [-0.05, 0) is 6.92 Å². The first-order valence-electron chi connectivity index (χ1n) is 4.79. The van der Waals surface area contributed by atoms with Gasteiger partial charge in [0.05, 0.1) is 12.3 Å². The zero-order chi connectivity index (χ0) is 12.2. The van der Waals surface area contributed by atoms with Crippen molar-refractivity contribution in [3.8, 4) is 0 Å². The molecule has 1 rings (SSSR count). The molecular formula is C9H14F3N3O. The molecule has 1 N–H and O–H groups in total. The molecule has 1 heterocycles. The van der Waals surface area contributed by atoms with Crippen molar-refractivity contribution in [1.29, 1.82) is 0 Å². The maximum atomic E-state index is 11.6. The quantitative estimate of drug-likeness (QED) is 0.786. The van der Waals surface area contributed by atoms with E-state index in [9.17, 15) is 13.2 Å². The first kappa shape index (κ1) is 13.0. The fraction of sp³-hybridized carbons (Fsp3) is 0.667. The molecule has 0 bridgehead atoms.